The second-order valence-electron chi connectivity index (χ2n) is 11.8. The summed E-state index contributed by atoms with van der Waals surface area (Å²) >= 11 is 0. The van der Waals surface area contributed by atoms with E-state index in [4.69, 9.17) is 9.47 Å². The predicted octanol–water partition coefficient (Wildman–Crippen LogP) is 3.07. The van der Waals surface area contributed by atoms with Crippen LogP contribution in [0.25, 0.3) is 0 Å². The van der Waals surface area contributed by atoms with E-state index in [0.717, 1.165) is 37.1 Å². The van der Waals surface area contributed by atoms with Gasteiger partial charge in [0, 0.05) is 38.0 Å². The van der Waals surface area contributed by atoms with Crippen LogP contribution in [0.2, 0.25) is 0 Å². The number of hydrogen-bond acceptors (Lipinski definition) is 6. The van der Waals surface area contributed by atoms with Crippen molar-refractivity contribution in [2.24, 2.45) is 11.8 Å². The van der Waals surface area contributed by atoms with E-state index in [-0.39, 0.29) is 30.4 Å². The summed E-state index contributed by atoms with van der Waals surface area (Å²) in [4.78, 5) is 48.3. The highest BCUT2D eigenvalue weighted by atomic mass is 16.5. The second-order valence-corrected chi connectivity index (χ2v) is 11.8. The van der Waals surface area contributed by atoms with E-state index in [0.29, 0.717) is 39.1 Å². The van der Waals surface area contributed by atoms with Crippen LogP contribution in [0.5, 0.6) is 5.75 Å². The summed E-state index contributed by atoms with van der Waals surface area (Å²) in [5, 5.41) is 9.43. The molecule has 0 radical (unpaired) electrons. The third-order valence-corrected chi connectivity index (χ3v) is 9.47. The lowest BCUT2D eigenvalue weighted by Gasteiger charge is -2.39. The number of amides is 3. The first-order chi connectivity index (χ1) is 20.0. The van der Waals surface area contributed by atoms with Gasteiger partial charge in [0.2, 0.25) is 17.7 Å². The van der Waals surface area contributed by atoms with Crippen molar-refractivity contribution in [3.8, 4) is 5.75 Å². The Hall–Kier alpha value is -3.17. The first-order valence-electron chi connectivity index (χ1n) is 15.3. The molecule has 9 nitrogen and oxygen atoms in total. The van der Waals surface area contributed by atoms with Crippen molar-refractivity contribution in [2.75, 3.05) is 37.7 Å². The van der Waals surface area contributed by atoms with Crippen LogP contribution in [0, 0.1) is 11.8 Å². The summed E-state index contributed by atoms with van der Waals surface area (Å²) in [5.74, 6) is -1.30. The lowest BCUT2D eigenvalue weighted by molar-refractivity contribution is -0.149. The number of aliphatic hydroxyl groups excluding tert-OH is 1. The molecule has 1 aromatic carbocycles. The van der Waals surface area contributed by atoms with E-state index < -0.39 is 29.6 Å². The molecule has 0 aromatic heterocycles. The minimum absolute atomic E-state index is 0.0187. The number of benzene rings is 1. The van der Waals surface area contributed by atoms with Crippen molar-refractivity contribution in [1.29, 1.82) is 0 Å². The molecule has 3 fully saturated rings. The van der Waals surface area contributed by atoms with E-state index >= 15 is 0 Å². The van der Waals surface area contributed by atoms with Gasteiger partial charge in [-0.05, 0) is 56.9 Å². The van der Waals surface area contributed by atoms with E-state index in [2.05, 4.69) is 0 Å². The number of hydrogen-bond donors (Lipinski definition) is 1. The Labute approximate surface area is 241 Å². The molecular weight excluding hydrogens is 522 g/mol. The zero-order chi connectivity index (χ0) is 28.6. The van der Waals surface area contributed by atoms with Gasteiger partial charge in [-0.3, -0.25) is 14.4 Å². The average Bonchev–Trinajstić information content (AvgIpc) is 3.29. The van der Waals surface area contributed by atoms with Gasteiger partial charge in [0.05, 0.1) is 24.5 Å². The predicted molar refractivity (Wildman–Crippen MR) is 153 cm³/mol. The van der Waals surface area contributed by atoms with Crippen molar-refractivity contribution in [1.82, 2.24) is 9.80 Å². The Morgan fingerprint density at radius 3 is 2.49 bits per heavy atom. The van der Waals surface area contributed by atoms with Crippen LogP contribution in [0.4, 0.5) is 5.69 Å². The fourth-order valence-corrected chi connectivity index (χ4v) is 7.63. The first-order valence-corrected chi connectivity index (χ1v) is 15.3. The Kier molecular flexibility index (Phi) is 7.92. The molecule has 1 aliphatic carbocycles. The Bertz CT molecular complexity index is 1210. The van der Waals surface area contributed by atoms with Gasteiger partial charge < -0.3 is 29.3 Å². The maximum Gasteiger partial charge on any atom is 0.249 e. The molecule has 5 aliphatic rings. The van der Waals surface area contributed by atoms with Gasteiger partial charge >= 0.3 is 0 Å². The van der Waals surface area contributed by atoms with E-state index in [9.17, 15) is 19.5 Å². The van der Waals surface area contributed by atoms with E-state index in [1.165, 1.54) is 6.42 Å². The molecule has 1 unspecified atom stereocenters. The van der Waals surface area contributed by atoms with Crippen molar-refractivity contribution < 1.29 is 29.0 Å². The quantitative estimate of drug-likeness (QED) is 0.386. The molecule has 41 heavy (non-hydrogen) atoms. The molecule has 5 atom stereocenters. The second kappa shape index (κ2) is 11.6. The molecular formula is C32H41N3O6. The zero-order valence-corrected chi connectivity index (χ0v) is 23.8. The number of likely N-dealkylation sites (tertiary alicyclic amines) is 1. The van der Waals surface area contributed by atoms with E-state index in [1.54, 1.807) is 9.80 Å². The SMILES string of the molecule is CCOc1ccc(N2CC=C[C@H]3O[C@]45C=CCN(C6CCCCC6)C(=O)C4N(CCCCO)C(=O)[C@@H]5[C@H]3C2=O)cc1. The number of unbranched alkanes of at least 4 members (excludes halogenated alkanes) is 1. The third-order valence-electron chi connectivity index (χ3n) is 9.47. The Morgan fingerprint density at radius 1 is 0.976 bits per heavy atom. The molecule has 1 aromatic rings. The van der Waals surface area contributed by atoms with Crippen LogP contribution in [-0.2, 0) is 19.1 Å². The number of anilines is 1. The average molecular weight is 564 g/mol. The van der Waals surface area contributed by atoms with Crippen molar-refractivity contribution in [3.63, 3.8) is 0 Å². The summed E-state index contributed by atoms with van der Waals surface area (Å²) < 4.78 is 12.3. The summed E-state index contributed by atoms with van der Waals surface area (Å²) in [7, 11) is 0. The summed E-state index contributed by atoms with van der Waals surface area (Å²) in [6.45, 7) is 3.68. The van der Waals surface area contributed by atoms with Crippen molar-refractivity contribution in [3.05, 3.63) is 48.6 Å². The normalized spacial score (nSPS) is 31.7. The standard InChI is InChI=1S/C32H41N3O6/c1-2-40-24-15-13-23(14-16-24)33-19-8-12-25-26(29(33)37)27-30(38)35(18-6-7-21-36)28-31(39)34(22-10-4-3-5-11-22)20-9-17-32(27,28)41-25/h8-9,12-17,22,25-28,36H,2-7,10-11,18-21H2,1H3/t25-,26+,27+,28?,32+/m1/s1. The monoisotopic (exact) mass is 563 g/mol. The molecule has 4 aliphatic heterocycles. The minimum Gasteiger partial charge on any atom is -0.494 e. The maximum absolute atomic E-state index is 14.4. The van der Waals surface area contributed by atoms with Gasteiger partial charge in [0.25, 0.3) is 0 Å². The zero-order valence-electron chi connectivity index (χ0n) is 23.8. The number of rotatable bonds is 8. The van der Waals surface area contributed by atoms with Gasteiger partial charge in [-0.2, -0.15) is 0 Å². The summed E-state index contributed by atoms with van der Waals surface area (Å²) in [5.41, 5.74) is -0.490. The van der Waals surface area contributed by atoms with Crippen LogP contribution >= 0.6 is 0 Å². The molecule has 0 bridgehead atoms. The lowest BCUT2D eigenvalue weighted by Crippen LogP contribution is -2.57. The Balaban J connectivity index is 1.36. The molecule has 1 spiro atoms. The minimum atomic E-state index is -1.21. The topological polar surface area (TPSA) is 99.6 Å². The largest absolute Gasteiger partial charge is 0.494 e. The van der Waals surface area contributed by atoms with Crippen LogP contribution in [0.1, 0.15) is 51.9 Å². The molecule has 1 saturated carbocycles. The van der Waals surface area contributed by atoms with Gasteiger partial charge in [-0.25, -0.2) is 0 Å². The van der Waals surface area contributed by atoms with Crippen LogP contribution in [0.3, 0.4) is 0 Å². The first kappa shape index (κ1) is 28.0. The molecule has 4 heterocycles. The molecule has 6 rings (SSSR count). The number of fused-ring (bicyclic) bond motifs is 2. The van der Waals surface area contributed by atoms with Crippen molar-refractivity contribution in [2.45, 2.75) is 75.7 Å². The molecule has 9 heteroatoms. The molecule has 220 valence electrons. The number of nitrogens with zero attached hydrogens (tertiary/aromatic N) is 3. The number of carbonyl (C=O) groups is 3. The van der Waals surface area contributed by atoms with Crippen LogP contribution < -0.4 is 9.64 Å². The van der Waals surface area contributed by atoms with Gasteiger partial charge in [-0.1, -0.05) is 43.6 Å². The highest BCUT2D eigenvalue weighted by Gasteiger charge is 2.71. The highest BCUT2D eigenvalue weighted by molar-refractivity contribution is 6.03. The van der Waals surface area contributed by atoms with E-state index in [1.807, 2.05) is 60.4 Å². The van der Waals surface area contributed by atoms with Crippen LogP contribution in [0.15, 0.2) is 48.6 Å². The van der Waals surface area contributed by atoms with Crippen LogP contribution in [-0.4, -0.2) is 89.3 Å². The maximum atomic E-state index is 14.4. The van der Waals surface area contributed by atoms with Crippen molar-refractivity contribution >= 4 is 23.4 Å². The summed E-state index contributed by atoms with van der Waals surface area (Å²) in [6, 6.07) is 6.73. The van der Waals surface area contributed by atoms with Gasteiger partial charge in [-0.15, -0.1) is 0 Å². The number of ether oxygens (including phenoxy) is 2. The fourth-order valence-electron chi connectivity index (χ4n) is 7.63. The fraction of sp³-hybridized carbons (Fsp3) is 0.594. The lowest BCUT2D eigenvalue weighted by atomic mass is 9.77. The molecule has 3 amide bonds. The Morgan fingerprint density at radius 2 is 1.76 bits per heavy atom. The third kappa shape index (κ3) is 4.77. The number of carbonyl (C=O) groups excluding carboxylic acids is 3. The molecule has 1 N–H and O–H groups in total. The van der Waals surface area contributed by atoms with Gasteiger partial charge in [0.15, 0.2) is 0 Å². The van der Waals surface area contributed by atoms with Gasteiger partial charge in [0.1, 0.15) is 17.4 Å². The molecule has 2 saturated heterocycles. The summed E-state index contributed by atoms with van der Waals surface area (Å²) in [6.07, 6.45) is 13.5. The smallest absolute Gasteiger partial charge is 0.249 e. The number of aliphatic hydroxyl groups is 1. The highest BCUT2D eigenvalue weighted by Crippen LogP contribution is 2.54.